The molecule has 0 saturated carbocycles. The number of rotatable bonds is 5. The van der Waals surface area contributed by atoms with Crippen molar-refractivity contribution in [2.45, 2.75) is 27.7 Å². The van der Waals surface area contributed by atoms with E-state index in [0.717, 1.165) is 130 Å². The van der Waals surface area contributed by atoms with Crippen molar-refractivity contribution in [3.05, 3.63) is 234 Å². The maximum Gasteiger partial charge on any atom is 0.104 e. The first-order valence-corrected chi connectivity index (χ1v) is 27.1. The first-order valence-electron chi connectivity index (χ1n) is 26.3. The molecule has 0 bridgehead atoms. The number of hydrogen-bond acceptors (Lipinski definition) is 3. The van der Waals surface area contributed by atoms with Crippen LogP contribution in [0.3, 0.4) is 0 Å². The summed E-state index contributed by atoms with van der Waals surface area (Å²) in [5.74, 6) is 0. The zero-order valence-electron chi connectivity index (χ0n) is 42.7. The van der Waals surface area contributed by atoms with Crippen molar-refractivity contribution >= 4 is 119 Å². The van der Waals surface area contributed by atoms with Gasteiger partial charge in [0, 0.05) is 82.1 Å². The van der Waals surface area contributed by atoms with E-state index >= 15 is 0 Å². The minimum Gasteiger partial charge on any atom is -0.306 e. The van der Waals surface area contributed by atoms with Gasteiger partial charge < -0.3 is 18.3 Å². The third kappa shape index (κ3) is 5.80. The Kier molecular flexibility index (Phi) is 9.14. The predicted octanol–water partition coefficient (Wildman–Crippen LogP) is 18.6. The van der Waals surface area contributed by atoms with Crippen LogP contribution in [0.1, 0.15) is 27.8 Å². The number of fused-ring (bicyclic) bond motifs is 15. The fourth-order valence-electron chi connectivity index (χ4n) is 13.5. The molecule has 16 rings (SSSR count). The summed E-state index contributed by atoms with van der Waals surface area (Å²) in [6.45, 7) is 8.87. The Hall–Kier alpha value is -9.74. The van der Waals surface area contributed by atoms with Gasteiger partial charge in [-0.1, -0.05) is 140 Å². The number of pyridine rings is 1. The largest absolute Gasteiger partial charge is 0.306 e. The van der Waals surface area contributed by atoms with Crippen molar-refractivity contribution in [3.63, 3.8) is 0 Å². The number of aromatic nitrogens is 5. The molecular formula is C70H46N6S. The van der Waals surface area contributed by atoms with Crippen LogP contribution in [0.15, 0.2) is 207 Å². The molecule has 6 heterocycles. The van der Waals surface area contributed by atoms with E-state index in [1.807, 2.05) is 12.4 Å². The zero-order valence-corrected chi connectivity index (χ0v) is 43.5. The van der Waals surface area contributed by atoms with E-state index < -0.39 is 0 Å². The summed E-state index contributed by atoms with van der Waals surface area (Å²) in [5.41, 5.74) is 19.1. The third-order valence-electron chi connectivity index (χ3n) is 16.6. The lowest BCUT2D eigenvalue weighted by Crippen LogP contribution is -2.16. The van der Waals surface area contributed by atoms with Gasteiger partial charge in [0.15, 0.2) is 0 Å². The molecule has 77 heavy (non-hydrogen) atoms. The fraction of sp³-hybridized carbons (Fsp3) is 0.0571. The molecule has 0 saturated heterocycles. The van der Waals surface area contributed by atoms with Crippen molar-refractivity contribution in [1.82, 2.24) is 23.3 Å². The van der Waals surface area contributed by atoms with Gasteiger partial charge in [-0.25, -0.2) is 0 Å². The van der Waals surface area contributed by atoms with Crippen LogP contribution in [-0.4, -0.2) is 23.3 Å². The van der Waals surface area contributed by atoms with E-state index in [1.54, 1.807) is 11.3 Å². The third-order valence-corrected chi connectivity index (χ3v) is 17.8. The molecule has 6 aromatic heterocycles. The minimum absolute atomic E-state index is 0.553. The topological polar surface area (TPSA) is 56.4 Å². The average Bonchev–Trinajstić information content (AvgIpc) is 4.18. The first kappa shape index (κ1) is 43.6. The molecule has 0 unspecified atom stereocenters. The molecule has 0 aliphatic heterocycles. The molecule has 0 radical (unpaired) electrons. The Morgan fingerprint density at radius 1 is 0.364 bits per heavy atom. The van der Waals surface area contributed by atoms with E-state index in [1.165, 1.54) is 33.0 Å². The highest BCUT2D eigenvalue weighted by molar-refractivity contribution is 7.26. The molecule has 0 fully saturated rings. The van der Waals surface area contributed by atoms with Gasteiger partial charge in [0.25, 0.3) is 0 Å². The van der Waals surface area contributed by atoms with E-state index in [0.29, 0.717) is 5.56 Å². The van der Waals surface area contributed by atoms with Gasteiger partial charge in [-0.05, 0) is 105 Å². The maximum atomic E-state index is 13.0. The molecule has 0 atom stereocenters. The Morgan fingerprint density at radius 3 is 1.12 bits per heavy atom. The van der Waals surface area contributed by atoms with Crippen molar-refractivity contribution < 1.29 is 0 Å². The van der Waals surface area contributed by atoms with E-state index in [2.05, 4.69) is 251 Å². The molecule has 16 aromatic rings. The SMILES string of the molecule is Cc1cccc2c1c1ccccc1n2-c1c(C#N)c(-n2c3ccccc3c3c(C)cccc32)c(-n2c3ccccc3c3c(C)cccc32)c(-c2cccc3c2sc2cnccc23)c1-n1c2ccccc2c2c(C)cccc21. The molecule has 7 heteroatoms. The standard InChI is InChI=1S/C70H46N6S/c1-40-18-13-32-56-61(40)46-22-5-9-28-52(46)73(56)66-51(38-71)67(74-53-29-10-6-23-47(53)62-41(2)19-14-33-57(62)74)69(76-55-31-12-8-25-49(55)64-43(4)21-16-35-59(64)76)65(50-27-17-26-45-44-36-37-72-39-60(44)77-70(45)50)68(66)75-54-30-11-7-24-48(54)63-42(3)20-15-34-58(63)75/h5-37,39H,1-4H3. The highest BCUT2D eigenvalue weighted by atomic mass is 32.1. The smallest absolute Gasteiger partial charge is 0.104 e. The van der Waals surface area contributed by atoms with Crippen LogP contribution in [0, 0.1) is 39.0 Å². The normalized spacial score (nSPS) is 12.1. The Labute approximate surface area is 446 Å². The highest BCUT2D eigenvalue weighted by Gasteiger charge is 2.36. The Balaban J connectivity index is 1.31. The molecule has 0 aliphatic rings. The summed E-state index contributed by atoms with van der Waals surface area (Å²) in [6, 6.07) is 73.9. The summed E-state index contributed by atoms with van der Waals surface area (Å²) >= 11 is 1.79. The molecule has 362 valence electrons. The van der Waals surface area contributed by atoms with Crippen LogP contribution in [-0.2, 0) is 0 Å². The van der Waals surface area contributed by atoms with Gasteiger partial charge in [-0.2, -0.15) is 5.26 Å². The fourth-order valence-corrected chi connectivity index (χ4v) is 14.7. The Morgan fingerprint density at radius 2 is 0.714 bits per heavy atom. The number of nitrogens with zero attached hydrogens (tertiary/aromatic N) is 6. The lowest BCUT2D eigenvalue weighted by atomic mass is 9.92. The Bertz CT molecular complexity index is 5030. The molecule has 0 amide bonds. The van der Waals surface area contributed by atoms with Gasteiger partial charge in [0.1, 0.15) is 11.6 Å². The number of para-hydroxylation sites is 4. The molecule has 6 nitrogen and oxygen atoms in total. The predicted molar refractivity (Wildman–Crippen MR) is 324 cm³/mol. The van der Waals surface area contributed by atoms with Crippen LogP contribution >= 0.6 is 11.3 Å². The molecule has 0 spiro atoms. The summed E-state index contributed by atoms with van der Waals surface area (Å²) in [4.78, 5) is 4.69. The van der Waals surface area contributed by atoms with E-state index in [-0.39, 0.29) is 0 Å². The maximum absolute atomic E-state index is 13.0. The second-order valence-electron chi connectivity index (χ2n) is 20.7. The number of aryl methyl sites for hydroxylation is 4. The second-order valence-corrected chi connectivity index (χ2v) is 21.8. The van der Waals surface area contributed by atoms with Crippen LogP contribution in [0.25, 0.3) is 141 Å². The van der Waals surface area contributed by atoms with Crippen molar-refractivity contribution in [3.8, 4) is 39.9 Å². The van der Waals surface area contributed by atoms with Crippen molar-refractivity contribution in [2.24, 2.45) is 0 Å². The van der Waals surface area contributed by atoms with Crippen LogP contribution in [0.2, 0.25) is 0 Å². The minimum atomic E-state index is 0.553. The highest BCUT2D eigenvalue weighted by Crippen LogP contribution is 2.54. The van der Waals surface area contributed by atoms with Crippen molar-refractivity contribution in [2.75, 3.05) is 0 Å². The van der Waals surface area contributed by atoms with Gasteiger partial charge in [-0.15, -0.1) is 11.3 Å². The van der Waals surface area contributed by atoms with E-state index in [9.17, 15) is 5.26 Å². The van der Waals surface area contributed by atoms with Crippen molar-refractivity contribution in [1.29, 1.82) is 5.26 Å². The molecule has 0 aliphatic carbocycles. The summed E-state index contributed by atoms with van der Waals surface area (Å²) in [7, 11) is 0. The lowest BCUT2D eigenvalue weighted by Gasteiger charge is -2.29. The van der Waals surface area contributed by atoms with Gasteiger partial charge in [0.05, 0.1) is 71.6 Å². The quantitative estimate of drug-likeness (QED) is 0.172. The average molecular weight is 1000 g/mol. The first-order chi connectivity index (χ1) is 37.9. The van der Waals surface area contributed by atoms with Crippen LogP contribution < -0.4 is 0 Å². The second kappa shape index (κ2) is 16.1. The molecule has 0 N–H and O–H groups in total. The summed E-state index contributed by atoms with van der Waals surface area (Å²) in [5, 5.41) is 24.6. The van der Waals surface area contributed by atoms with Crippen LogP contribution in [0.5, 0.6) is 0 Å². The molecule has 10 aromatic carbocycles. The number of nitriles is 1. The van der Waals surface area contributed by atoms with Crippen LogP contribution in [0.4, 0.5) is 0 Å². The summed E-state index contributed by atoms with van der Waals surface area (Å²) < 4.78 is 12.1. The van der Waals surface area contributed by atoms with Gasteiger partial charge in [0.2, 0.25) is 0 Å². The number of thiophene rings is 1. The van der Waals surface area contributed by atoms with E-state index in [4.69, 9.17) is 0 Å². The van der Waals surface area contributed by atoms with Gasteiger partial charge >= 0.3 is 0 Å². The number of benzene rings is 10. The van der Waals surface area contributed by atoms with Gasteiger partial charge in [-0.3, -0.25) is 4.98 Å². The molecular weight excluding hydrogens is 957 g/mol. The zero-order chi connectivity index (χ0) is 51.4. The monoisotopic (exact) mass is 1000 g/mol. The lowest BCUT2D eigenvalue weighted by molar-refractivity contribution is 1.04. The number of hydrogen-bond donors (Lipinski definition) is 0. The summed E-state index contributed by atoms with van der Waals surface area (Å²) in [6.07, 6.45) is 3.92.